The Balaban J connectivity index is 1.77. The maximum absolute atomic E-state index is 12.1. The first-order valence-corrected chi connectivity index (χ1v) is 7.71. The van der Waals surface area contributed by atoms with E-state index in [0.717, 1.165) is 17.9 Å². The van der Waals surface area contributed by atoms with Crippen molar-refractivity contribution in [3.8, 4) is 0 Å². The van der Waals surface area contributed by atoms with E-state index in [0.29, 0.717) is 19.5 Å². The molecular weight excluding hydrogens is 248 g/mol. The van der Waals surface area contributed by atoms with Crippen molar-refractivity contribution in [2.75, 3.05) is 7.05 Å². The van der Waals surface area contributed by atoms with E-state index < -0.39 is 0 Å². The lowest BCUT2D eigenvalue weighted by atomic mass is 10.0. The Bertz CT molecular complexity index is 421. The summed E-state index contributed by atoms with van der Waals surface area (Å²) in [7, 11) is 1.90. The van der Waals surface area contributed by atoms with Crippen LogP contribution >= 0.6 is 0 Å². The van der Waals surface area contributed by atoms with Crippen LogP contribution in [-0.2, 0) is 17.9 Å². The van der Waals surface area contributed by atoms with Crippen molar-refractivity contribution < 1.29 is 4.79 Å². The number of carbonyl (C=O) groups excluding carboxylic acids is 1. The van der Waals surface area contributed by atoms with E-state index in [1.807, 2.05) is 24.1 Å². The van der Waals surface area contributed by atoms with Crippen LogP contribution in [0.2, 0.25) is 0 Å². The summed E-state index contributed by atoms with van der Waals surface area (Å²) in [5.41, 5.74) is 7.88. The summed E-state index contributed by atoms with van der Waals surface area (Å²) in [5, 5.41) is 0. The molecule has 1 aliphatic rings. The maximum atomic E-state index is 12.1. The zero-order chi connectivity index (χ0) is 14.4. The smallest absolute Gasteiger partial charge is 0.222 e. The second kappa shape index (κ2) is 7.44. The van der Waals surface area contributed by atoms with Crippen LogP contribution in [0.25, 0.3) is 0 Å². The molecule has 1 aromatic rings. The fourth-order valence-electron chi connectivity index (χ4n) is 2.96. The molecule has 2 rings (SSSR count). The number of rotatable bonds is 6. The Kier molecular flexibility index (Phi) is 5.60. The number of benzene rings is 1. The monoisotopic (exact) mass is 274 g/mol. The van der Waals surface area contributed by atoms with Gasteiger partial charge in [0, 0.05) is 26.6 Å². The number of hydrogen-bond acceptors (Lipinski definition) is 2. The van der Waals surface area contributed by atoms with Gasteiger partial charge < -0.3 is 10.6 Å². The average Bonchev–Trinajstić information content (AvgIpc) is 2.98. The van der Waals surface area contributed by atoms with Gasteiger partial charge in [0.25, 0.3) is 0 Å². The predicted octanol–water partition coefficient (Wildman–Crippen LogP) is 3.07. The zero-order valence-corrected chi connectivity index (χ0v) is 12.5. The van der Waals surface area contributed by atoms with Gasteiger partial charge in [-0.05, 0) is 23.5 Å². The van der Waals surface area contributed by atoms with Crippen LogP contribution in [0.1, 0.15) is 49.7 Å². The van der Waals surface area contributed by atoms with Crippen molar-refractivity contribution >= 4 is 5.91 Å². The van der Waals surface area contributed by atoms with Crippen LogP contribution in [0.4, 0.5) is 0 Å². The van der Waals surface area contributed by atoms with E-state index in [1.54, 1.807) is 0 Å². The van der Waals surface area contributed by atoms with E-state index in [4.69, 9.17) is 5.73 Å². The summed E-state index contributed by atoms with van der Waals surface area (Å²) < 4.78 is 0. The summed E-state index contributed by atoms with van der Waals surface area (Å²) in [5.74, 6) is 1.05. The molecule has 0 unspecified atom stereocenters. The SMILES string of the molecule is CN(Cc1ccc(CN)cc1)C(=O)CCC1CCCC1. The highest BCUT2D eigenvalue weighted by Gasteiger charge is 2.17. The topological polar surface area (TPSA) is 46.3 Å². The van der Waals surface area contributed by atoms with Crippen LogP contribution in [0.3, 0.4) is 0 Å². The minimum Gasteiger partial charge on any atom is -0.341 e. The number of amides is 1. The second-order valence-electron chi connectivity index (χ2n) is 5.96. The van der Waals surface area contributed by atoms with Gasteiger partial charge in [-0.1, -0.05) is 49.9 Å². The molecule has 0 radical (unpaired) electrons. The van der Waals surface area contributed by atoms with Gasteiger partial charge in [-0.15, -0.1) is 0 Å². The molecule has 1 fully saturated rings. The molecule has 0 spiro atoms. The number of hydrogen-bond donors (Lipinski definition) is 1. The molecule has 0 atom stereocenters. The molecule has 1 aromatic carbocycles. The predicted molar refractivity (Wildman–Crippen MR) is 82.0 cm³/mol. The van der Waals surface area contributed by atoms with Crippen molar-refractivity contribution in [3.05, 3.63) is 35.4 Å². The lowest BCUT2D eigenvalue weighted by Crippen LogP contribution is -2.26. The third-order valence-corrected chi connectivity index (χ3v) is 4.35. The van der Waals surface area contributed by atoms with Crippen LogP contribution in [-0.4, -0.2) is 17.9 Å². The lowest BCUT2D eigenvalue weighted by molar-refractivity contribution is -0.130. The van der Waals surface area contributed by atoms with Crippen molar-refractivity contribution in [2.24, 2.45) is 11.7 Å². The second-order valence-corrected chi connectivity index (χ2v) is 5.96. The fraction of sp³-hybridized carbons (Fsp3) is 0.588. The molecule has 110 valence electrons. The van der Waals surface area contributed by atoms with Gasteiger partial charge in [-0.25, -0.2) is 0 Å². The molecule has 0 aromatic heterocycles. The van der Waals surface area contributed by atoms with Crippen molar-refractivity contribution in [1.29, 1.82) is 0 Å². The van der Waals surface area contributed by atoms with Crippen LogP contribution in [0, 0.1) is 5.92 Å². The third kappa shape index (κ3) is 4.34. The van der Waals surface area contributed by atoms with E-state index in [1.165, 1.54) is 31.2 Å². The maximum Gasteiger partial charge on any atom is 0.222 e. The van der Waals surface area contributed by atoms with E-state index in [-0.39, 0.29) is 5.91 Å². The Morgan fingerprint density at radius 2 is 1.80 bits per heavy atom. The van der Waals surface area contributed by atoms with Crippen LogP contribution < -0.4 is 5.73 Å². The lowest BCUT2D eigenvalue weighted by Gasteiger charge is -2.18. The summed E-state index contributed by atoms with van der Waals surface area (Å²) in [6.45, 7) is 1.25. The van der Waals surface area contributed by atoms with E-state index >= 15 is 0 Å². The van der Waals surface area contributed by atoms with Crippen molar-refractivity contribution in [3.63, 3.8) is 0 Å². The largest absolute Gasteiger partial charge is 0.341 e. The van der Waals surface area contributed by atoms with Crippen LogP contribution in [0.15, 0.2) is 24.3 Å². The highest BCUT2D eigenvalue weighted by atomic mass is 16.2. The Morgan fingerprint density at radius 1 is 1.20 bits per heavy atom. The molecule has 0 bridgehead atoms. The van der Waals surface area contributed by atoms with Crippen LogP contribution in [0.5, 0.6) is 0 Å². The first-order chi connectivity index (χ1) is 9.69. The minimum atomic E-state index is 0.264. The molecule has 3 nitrogen and oxygen atoms in total. The van der Waals surface area contributed by atoms with E-state index in [9.17, 15) is 4.79 Å². The summed E-state index contributed by atoms with van der Waals surface area (Å²) in [4.78, 5) is 14.0. The highest BCUT2D eigenvalue weighted by molar-refractivity contribution is 5.75. The highest BCUT2D eigenvalue weighted by Crippen LogP contribution is 2.28. The molecule has 1 aliphatic carbocycles. The molecule has 0 heterocycles. The molecule has 3 heteroatoms. The number of carbonyl (C=O) groups is 1. The summed E-state index contributed by atoms with van der Waals surface area (Å²) in [6.07, 6.45) is 7.09. The minimum absolute atomic E-state index is 0.264. The normalized spacial score (nSPS) is 15.5. The standard InChI is InChI=1S/C17H26N2O/c1-19(13-16-8-6-15(12-18)7-9-16)17(20)11-10-14-4-2-3-5-14/h6-9,14H,2-5,10-13,18H2,1H3. The zero-order valence-electron chi connectivity index (χ0n) is 12.5. The summed E-state index contributed by atoms with van der Waals surface area (Å²) in [6, 6.07) is 8.18. The molecule has 0 saturated heterocycles. The van der Waals surface area contributed by atoms with Gasteiger partial charge in [0.1, 0.15) is 0 Å². The van der Waals surface area contributed by atoms with Gasteiger partial charge >= 0.3 is 0 Å². The third-order valence-electron chi connectivity index (χ3n) is 4.35. The van der Waals surface area contributed by atoms with Crippen molar-refractivity contribution in [2.45, 2.75) is 51.6 Å². The molecule has 1 amide bonds. The molecular formula is C17H26N2O. The first-order valence-electron chi connectivity index (χ1n) is 7.71. The molecule has 20 heavy (non-hydrogen) atoms. The molecule has 1 saturated carbocycles. The quantitative estimate of drug-likeness (QED) is 0.866. The van der Waals surface area contributed by atoms with Gasteiger partial charge in [0.05, 0.1) is 0 Å². The van der Waals surface area contributed by atoms with Gasteiger partial charge in [0.15, 0.2) is 0 Å². The van der Waals surface area contributed by atoms with Gasteiger partial charge in [0.2, 0.25) is 5.91 Å². The molecule has 0 aliphatic heterocycles. The number of nitrogens with two attached hydrogens (primary N) is 1. The van der Waals surface area contributed by atoms with Gasteiger partial charge in [-0.2, -0.15) is 0 Å². The van der Waals surface area contributed by atoms with Gasteiger partial charge in [-0.3, -0.25) is 4.79 Å². The Morgan fingerprint density at radius 3 is 2.40 bits per heavy atom. The van der Waals surface area contributed by atoms with E-state index in [2.05, 4.69) is 12.1 Å². The first kappa shape index (κ1) is 15.0. The Hall–Kier alpha value is -1.35. The average molecular weight is 274 g/mol. The Labute approximate surface area is 122 Å². The summed E-state index contributed by atoms with van der Waals surface area (Å²) >= 11 is 0. The van der Waals surface area contributed by atoms with Crippen molar-refractivity contribution in [1.82, 2.24) is 4.90 Å². The fourth-order valence-corrected chi connectivity index (χ4v) is 2.96. The number of nitrogens with zero attached hydrogens (tertiary/aromatic N) is 1. The molecule has 2 N–H and O–H groups in total.